The molecule has 0 spiro atoms. The summed E-state index contributed by atoms with van der Waals surface area (Å²) in [4.78, 5) is 8.89. The summed E-state index contributed by atoms with van der Waals surface area (Å²) in [5.74, 6) is -0.157. The van der Waals surface area contributed by atoms with Gasteiger partial charge in [-0.15, -0.1) is 0 Å². The molecule has 8 heavy (non-hydrogen) atoms. The average Bonchev–Trinajstić information content (AvgIpc) is 1.82. The van der Waals surface area contributed by atoms with Gasteiger partial charge in [-0.2, -0.15) is 4.89 Å². The Morgan fingerprint density at radius 3 is 2.38 bits per heavy atom. The van der Waals surface area contributed by atoms with Gasteiger partial charge in [-0.05, 0) is 13.8 Å². The van der Waals surface area contributed by atoms with Crippen LogP contribution in [0.4, 0.5) is 0 Å². The molecule has 3 nitrogen and oxygen atoms in total. The lowest BCUT2D eigenvalue weighted by Gasteiger charge is -2.07. The van der Waals surface area contributed by atoms with E-state index >= 15 is 0 Å². The van der Waals surface area contributed by atoms with Crippen molar-refractivity contribution in [3.8, 4) is 0 Å². The van der Waals surface area contributed by atoms with Gasteiger partial charge in [0.05, 0.1) is 0 Å². The van der Waals surface area contributed by atoms with Crippen LogP contribution in [0.2, 0.25) is 0 Å². The predicted octanol–water partition coefficient (Wildman–Crippen LogP) is 1.13. The second kappa shape index (κ2) is 1.39. The second-order valence-corrected chi connectivity index (χ2v) is 2.25. The number of hydrogen-bond acceptors (Lipinski definition) is 3. The Bertz CT molecular complexity index is 126. The fourth-order valence-electron chi connectivity index (χ4n) is 0.496. The third-order valence-corrected chi connectivity index (χ3v) is 0.813. The lowest BCUT2D eigenvalue weighted by molar-refractivity contribution is -0.307. The highest BCUT2D eigenvalue weighted by Crippen LogP contribution is 2.21. The molecular weight excluding hydrogens is 108 g/mol. The molecule has 1 aliphatic heterocycles. The number of hydrogen-bond donors (Lipinski definition) is 1. The van der Waals surface area contributed by atoms with Gasteiger partial charge in [-0.1, -0.05) is 0 Å². The molecule has 1 N–H and O–H groups in total. The topological polar surface area (TPSA) is 38.7 Å². The van der Waals surface area contributed by atoms with E-state index in [4.69, 9.17) is 5.11 Å². The molecule has 1 rings (SSSR count). The van der Waals surface area contributed by atoms with E-state index < -0.39 is 5.60 Å². The Morgan fingerprint density at radius 1 is 1.62 bits per heavy atom. The van der Waals surface area contributed by atoms with E-state index in [-0.39, 0.29) is 5.95 Å². The zero-order valence-corrected chi connectivity index (χ0v) is 4.84. The minimum absolute atomic E-state index is 0.157. The molecule has 0 aromatic heterocycles. The van der Waals surface area contributed by atoms with Crippen LogP contribution < -0.4 is 0 Å². The van der Waals surface area contributed by atoms with Crippen molar-refractivity contribution in [2.45, 2.75) is 19.4 Å². The van der Waals surface area contributed by atoms with E-state index in [1.807, 2.05) is 0 Å². The molecule has 3 heteroatoms. The average molecular weight is 116 g/mol. The normalized spacial score (nSPS) is 24.5. The van der Waals surface area contributed by atoms with E-state index in [2.05, 4.69) is 9.78 Å². The third-order valence-electron chi connectivity index (χ3n) is 0.813. The van der Waals surface area contributed by atoms with E-state index in [0.29, 0.717) is 0 Å². The van der Waals surface area contributed by atoms with Gasteiger partial charge in [0.1, 0.15) is 5.60 Å². The molecule has 0 atom stereocenters. The highest BCUT2D eigenvalue weighted by Gasteiger charge is 2.26. The maximum Gasteiger partial charge on any atom is 0.313 e. The van der Waals surface area contributed by atoms with Gasteiger partial charge < -0.3 is 5.11 Å². The molecule has 0 amide bonds. The van der Waals surface area contributed by atoms with Crippen LogP contribution in [0.25, 0.3) is 0 Å². The van der Waals surface area contributed by atoms with Crippen molar-refractivity contribution in [3.63, 3.8) is 0 Å². The summed E-state index contributed by atoms with van der Waals surface area (Å²) in [5.41, 5.74) is -0.468. The van der Waals surface area contributed by atoms with Crippen LogP contribution in [0.15, 0.2) is 12.0 Å². The number of aliphatic hydroxyl groups excluding tert-OH is 1. The van der Waals surface area contributed by atoms with Crippen LogP contribution in [0.3, 0.4) is 0 Å². The Morgan fingerprint density at radius 2 is 2.25 bits per heavy atom. The molecule has 46 valence electrons. The predicted molar refractivity (Wildman–Crippen MR) is 27.0 cm³/mol. The molecule has 0 aliphatic carbocycles. The van der Waals surface area contributed by atoms with Gasteiger partial charge in [0.15, 0.2) is 0 Å². The molecule has 0 saturated heterocycles. The van der Waals surface area contributed by atoms with Crippen LogP contribution >= 0.6 is 0 Å². The van der Waals surface area contributed by atoms with Crippen molar-refractivity contribution in [1.29, 1.82) is 0 Å². The van der Waals surface area contributed by atoms with E-state index in [1.54, 1.807) is 13.8 Å². The van der Waals surface area contributed by atoms with Crippen molar-refractivity contribution in [2.24, 2.45) is 0 Å². The summed E-state index contributed by atoms with van der Waals surface area (Å²) in [5, 5.41) is 8.58. The highest BCUT2D eigenvalue weighted by molar-refractivity contribution is 4.99. The molecule has 0 fully saturated rings. The lowest BCUT2D eigenvalue weighted by Crippen LogP contribution is -2.14. The zero-order valence-electron chi connectivity index (χ0n) is 4.84. The van der Waals surface area contributed by atoms with E-state index in [9.17, 15) is 0 Å². The van der Waals surface area contributed by atoms with Gasteiger partial charge >= 0.3 is 5.95 Å². The van der Waals surface area contributed by atoms with E-state index in [1.165, 1.54) is 6.08 Å². The first kappa shape index (κ1) is 5.44. The first-order valence-electron chi connectivity index (χ1n) is 2.38. The summed E-state index contributed by atoms with van der Waals surface area (Å²) in [6.45, 7) is 3.58. The largest absolute Gasteiger partial charge is 0.479 e. The fourth-order valence-corrected chi connectivity index (χ4v) is 0.496. The summed E-state index contributed by atoms with van der Waals surface area (Å²) < 4.78 is 0. The first-order valence-corrected chi connectivity index (χ1v) is 2.38. The lowest BCUT2D eigenvalue weighted by atomic mass is 10.1. The van der Waals surface area contributed by atoms with Crippen LogP contribution in [-0.2, 0) is 9.78 Å². The molecule has 0 radical (unpaired) electrons. The van der Waals surface area contributed by atoms with Crippen molar-refractivity contribution in [3.05, 3.63) is 12.0 Å². The minimum Gasteiger partial charge on any atom is -0.479 e. The summed E-state index contributed by atoms with van der Waals surface area (Å²) in [6, 6.07) is 0. The van der Waals surface area contributed by atoms with E-state index in [0.717, 1.165) is 0 Å². The van der Waals surface area contributed by atoms with Crippen LogP contribution in [0.5, 0.6) is 0 Å². The molecule has 1 aliphatic rings. The van der Waals surface area contributed by atoms with Crippen molar-refractivity contribution >= 4 is 0 Å². The maximum atomic E-state index is 8.58. The summed E-state index contributed by atoms with van der Waals surface area (Å²) in [7, 11) is 0. The molecule has 0 saturated carbocycles. The van der Waals surface area contributed by atoms with Gasteiger partial charge in [-0.25, -0.2) is 0 Å². The Balaban J connectivity index is 2.67. The molecule has 0 aromatic rings. The number of rotatable bonds is 0. The monoisotopic (exact) mass is 116 g/mol. The maximum absolute atomic E-state index is 8.58. The van der Waals surface area contributed by atoms with Crippen molar-refractivity contribution in [1.82, 2.24) is 0 Å². The molecule has 1 heterocycles. The minimum atomic E-state index is -0.468. The van der Waals surface area contributed by atoms with Gasteiger partial charge in [0.25, 0.3) is 0 Å². The number of aliphatic hydroxyl groups is 1. The van der Waals surface area contributed by atoms with Crippen LogP contribution in [-0.4, -0.2) is 10.7 Å². The Hall–Kier alpha value is -0.700. The Kier molecular flexibility index (Phi) is 0.942. The van der Waals surface area contributed by atoms with Gasteiger partial charge in [-0.3, -0.25) is 4.89 Å². The smallest absolute Gasteiger partial charge is 0.313 e. The van der Waals surface area contributed by atoms with Crippen molar-refractivity contribution in [2.75, 3.05) is 0 Å². The molecule has 0 bridgehead atoms. The molecule has 0 unspecified atom stereocenters. The van der Waals surface area contributed by atoms with Crippen LogP contribution in [0.1, 0.15) is 13.8 Å². The quantitative estimate of drug-likeness (QED) is 0.482. The van der Waals surface area contributed by atoms with Crippen LogP contribution in [0, 0.1) is 0 Å². The third kappa shape index (κ3) is 0.924. The van der Waals surface area contributed by atoms with Crippen molar-refractivity contribution < 1.29 is 14.9 Å². The Labute approximate surface area is 47.5 Å². The van der Waals surface area contributed by atoms with Gasteiger partial charge in [0.2, 0.25) is 0 Å². The summed E-state index contributed by atoms with van der Waals surface area (Å²) in [6.07, 6.45) is 1.49. The SMILES string of the molecule is CC1(C)C=C(O)OO1. The second-order valence-electron chi connectivity index (χ2n) is 2.25. The first-order chi connectivity index (χ1) is 3.60. The molecular formula is C5H8O3. The standard InChI is InChI=1S/C5H8O3/c1-5(2)3-4(6)7-8-5/h3,6H,1-2H3. The fraction of sp³-hybridized carbons (Fsp3) is 0.600. The molecule has 0 aromatic carbocycles. The summed E-state index contributed by atoms with van der Waals surface area (Å²) >= 11 is 0. The van der Waals surface area contributed by atoms with Gasteiger partial charge in [0, 0.05) is 6.08 Å². The highest BCUT2D eigenvalue weighted by atomic mass is 17.2. The zero-order chi connectivity index (χ0) is 6.20.